The van der Waals surface area contributed by atoms with Crippen LogP contribution in [0.3, 0.4) is 0 Å². The molecule has 1 aromatic carbocycles. The predicted molar refractivity (Wildman–Crippen MR) is 104 cm³/mol. The maximum atomic E-state index is 5.30. The van der Waals surface area contributed by atoms with E-state index in [0.717, 1.165) is 23.5 Å². The lowest BCUT2D eigenvalue weighted by Gasteiger charge is -2.20. The smallest absolute Gasteiger partial charge is 0.216 e. The van der Waals surface area contributed by atoms with Crippen LogP contribution in [0.25, 0.3) is 11.4 Å². The fourth-order valence-electron chi connectivity index (χ4n) is 2.48. The third kappa shape index (κ3) is 3.47. The van der Waals surface area contributed by atoms with Gasteiger partial charge in [-0.05, 0) is 61.8 Å². The van der Waals surface area contributed by atoms with Gasteiger partial charge in [-0.25, -0.2) is 5.10 Å². The van der Waals surface area contributed by atoms with Gasteiger partial charge in [0.05, 0.1) is 6.21 Å². The van der Waals surface area contributed by atoms with Crippen LogP contribution in [0.1, 0.15) is 18.7 Å². The van der Waals surface area contributed by atoms with Crippen LogP contribution >= 0.6 is 23.6 Å². The first-order chi connectivity index (χ1) is 11.7. The molecule has 2 aromatic heterocycles. The van der Waals surface area contributed by atoms with Crippen molar-refractivity contribution in [3.05, 3.63) is 51.4 Å². The zero-order valence-electron chi connectivity index (χ0n) is 13.6. The Balaban J connectivity index is 1.91. The van der Waals surface area contributed by atoms with E-state index >= 15 is 0 Å². The largest absolute Gasteiger partial charge is 0.372 e. The lowest BCUT2D eigenvalue weighted by atomic mass is 10.2. The minimum atomic E-state index is 0.477. The van der Waals surface area contributed by atoms with Gasteiger partial charge < -0.3 is 4.90 Å². The lowest BCUT2D eigenvalue weighted by Crippen LogP contribution is -2.21. The van der Waals surface area contributed by atoms with Crippen LogP contribution in [-0.2, 0) is 0 Å². The molecule has 0 amide bonds. The first-order valence-corrected chi connectivity index (χ1v) is 9.12. The second-order valence-electron chi connectivity index (χ2n) is 5.14. The Labute approximate surface area is 150 Å². The van der Waals surface area contributed by atoms with Crippen LogP contribution in [-0.4, -0.2) is 34.2 Å². The van der Waals surface area contributed by atoms with Gasteiger partial charge >= 0.3 is 0 Å². The van der Waals surface area contributed by atoms with Crippen LogP contribution in [0, 0.1) is 4.77 Å². The van der Waals surface area contributed by atoms with Crippen molar-refractivity contribution in [2.24, 2.45) is 5.10 Å². The van der Waals surface area contributed by atoms with E-state index in [2.05, 4.69) is 58.3 Å². The topological polar surface area (TPSA) is 49.2 Å². The molecule has 2 heterocycles. The lowest BCUT2D eigenvalue weighted by molar-refractivity contribution is 0.864. The van der Waals surface area contributed by atoms with Gasteiger partial charge in [0.25, 0.3) is 0 Å². The molecular formula is C17H19N5S2. The summed E-state index contributed by atoms with van der Waals surface area (Å²) in [7, 11) is 0. The van der Waals surface area contributed by atoms with Crippen molar-refractivity contribution in [2.75, 3.05) is 18.0 Å². The van der Waals surface area contributed by atoms with Gasteiger partial charge in [-0.1, -0.05) is 6.07 Å². The second-order valence-corrected chi connectivity index (χ2v) is 6.51. The van der Waals surface area contributed by atoms with Gasteiger partial charge in [-0.3, -0.25) is 0 Å². The summed E-state index contributed by atoms with van der Waals surface area (Å²) in [6.07, 6.45) is 1.80. The molecule has 0 fully saturated rings. The average Bonchev–Trinajstić information content (AvgIpc) is 3.24. The van der Waals surface area contributed by atoms with Gasteiger partial charge in [0.2, 0.25) is 4.77 Å². The number of nitrogens with zero attached hydrogens (tertiary/aromatic N) is 4. The van der Waals surface area contributed by atoms with Crippen molar-refractivity contribution in [3.8, 4) is 11.4 Å². The van der Waals surface area contributed by atoms with Crippen molar-refractivity contribution >= 4 is 35.5 Å². The number of thiophene rings is 1. The second kappa shape index (κ2) is 7.55. The van der Waals surface area contributed by atoms with Crippen molar-refractivity contribution in [2.45, 2.75) is 13.8 Å². The first kappa shape index (κ1) is 16.6. The van der Waals surface area contributed by atoms with Gasteiger partial charge in [0.15, 0.2) is 5.82 Å². The molecule has 124 valence electrons. The summed E-state index contributed by atoms with van der Waals surface area (Å²) < 4.78 is 2.13. The number of rotatable bonds is 6. The van der Waals surface area contributed by atoms with Crippen LogP contribution in [0.15, 0.2) is 46.9 Å². The van der Waals surface area contributed by atoms with Gasteiger partial charge in [0.1, 0.15) is 0 Å². The molecule has 0 saturated carbocycles. The van der Waals surface area contributed by atoms with Gasteiger partial charge in [0, 0.05) is 29.2 Å². The highest BCUT2D eigenvalue weighted by Gasteiger charge is 2.09. The minimum absolute atomic E-state index is 0.477. The predicted octanol–water partition coefficient (Wildman–Crippen LogP) is 4.40. The van der Waals surface area contributed by atoms with Crippen molar-refractivity contribution in [1.29, 1.82) is 0 Å². The van der Waals surface area contributed by atoms with Crippen LogP contribution in [0.2, 0.25) is 0 Å². The molecule has 0 aliphatic rings. The minimum Gasteiger partial charge on any atom is -0.372 e. The van der Waals surface area contributed by atoms with Crippen LogP contribution in [0.5, 0.6) is 0 Å². The number of nitrogens with one attached hydrogen (secondary N) is 1. The maximum absolute atomic E-state index is 5.30. The fraction of sp³-hybridized carbons (Fsp3) is 0.235. The Morgan fingerprint density at radius 3 is 2.62 bits per heavy atom. The Morgan fingerprint density at radius 2 is 2.00 bits per heavy atom. The number of hydrogen-bond acceptors (Lipinski definition) is 5. The molecule has 0 aliphatic heterocycles. The number of anilines is 1. The van der Waals surface area contributed by atoms with Crippen molar-refractivity contribution in [3.63, 3.8) is 0 Å². The SMILES string of the molecule is CCN(CC)c1ccc(-c2n[nH]c(=S)n2N=Cc2cccs2)cc1. The molecule has 7 heteroatoms. The van der Waals surface area contributed by atoms with Crippen LogP contribution in [0.4, 0.5) is 5.69 Å². The number of aromatic nitrogens is 3. The Kier molecular flexibility index (Phi) is 5.22. The summed E-state index contributed by atoms with van der Waals surface area (Å²) in [4.78, 5) is 3.37. The Bertz CT molecular complexity index is 855. The van der Waals surface area contributed by atoms with E-state index in [1.165, 1.54) is 5.69 Å². The van der Waals surface area contributed by atoms with Gasteiger partial charge in [-0.2, -0.15) is 14.9 Å². The Hall–Kier alpha value is -2.25. The Morgan fingerprint density at radius 1 is 1.25 bits per heavy atom. The average molecular weight is 358 g/mol. The maximum Gasteiger partial charge on any atom is 0.216 e. The van der Waals surface area contributed by atoms with E-state index in [1.54, 1.807) is 22.2 Å². The summed E-state index contributed by atoms with van der Waals surface area (Å²) in [5.41, 5.74) is 2.17. The standard InChI is InChI=1S/C17H19N5S2/c1-3-21(4-2)14-9-7-13(8-10-14)16-19-20-17(23)22(16)18-12-15-6-5-11-24-15/h5-12H,3-4H2,1-2H3,(H,20,23). The molecular weight excluding hydrogens is 338 g/mol. The highest BCUT2D eigenvalue weighted by atomic mass is 32.1. The van der Waals surface area contributed by atoms with Gasteiger partial charge in [-0.15, -0.1) is 11.3 Å². The molecule has 24 heavy (non-hydrogen) atoms. The zero-order chi connectivity index (χ0) is 16.9. The summed E-state index contributed by atoms with van der Waals surface area (Å²) in [5, 5.41) is 13.6. The van der Waals surface area contributed by atoms with E-state index in [-0.39, 0.29) is 0 Å². The van der Waals surface area contributed by atoms with E-state index in [4.69, 9.17) is 12.2 Å². The van der Waals surface area contributed by atoms with Crippen molar-refractivity contribution in [1.82, 2.24) is 14.9 Å². The third-order valence-corrected chi connectivity index (χ3v) is 4.82. The molecule has 0 saturated heterocycles. The third-order valence-electron chi connectivity index (χ3n) is 3.75. The molecule has 3 aromatic rings. The molecule has 0 bridgehead atoms. The number of hydrogen-bond donors (Lipinski definition) is 1. The van der Waals surface area contributed by atoms with E-state index in [0.29, 0.717) is 10.6 Å². The highest BCUT2D eigenvalue weighted by molar-refractivity contribution is 7.71. The highest BCUT2D eigenvalue weighted by Crippen LogP contribution is 2.22. The molecule has 0 spiro atoms. The van der Waals surface area contributed by atoms with E-state index < -0.39 is 0 Å². The first-order valence-electron chi connectivity index (χ1n) is 7.83. The zero-order valence-corrected chi connectivity index (χ0v) is 15.3. The normalized spacial score (nSPS) is 11.2. The molecule has 3 rings (SSSR count). The summed E-state index contributed by atoms with van der Waals surface area (Å²) in [6, 6.07) is 12.3. The molecule has 0 atom stereocenters. The van der Waals surface area contributed by atoms with Crippen molar-refractivity contribution < 1.29 is 0 Å². The molecule has 1 N–H and O–H groups in total. The van der Waals surface area contributed by atoms with E-state index in [1.807, 2.05) is 17.5 Å². The molecule has 0 radical (unpaired) electrons. The molecule has 0 unspecified atom stereocenters. The molecule has 0 aliphatic carbocycles. The summed E-state index contributed by atoms with van der Waals surface area (Å²) in [5.74, 6) is 0.707. The number of aromatic amines is 1. The monoisotopic (exact) mass is 357 g/mol. The summed E-state index contributed by atoms with van der Waals surface area (Å²) in [6.45, 7) is 6.28. The van der Waals surface area contributed by atoms with E-state index in [9.17, 15) is 0 Å². The number of benzene rings is 1. The summed E-state index contributed by atoms with van der Waals surface area (Å²) >= 11 is 6.93. The quantitative estimate of drug-likeness (QED) is 0.525. The van der Waals surface area contributed by atoms with Crippen LogP contribution < -0.4 is 4.90 Å². The molecule has 5 nitrogen and oxygen atoms in total. The fourth-order valence-corrected chi connectivity index (χ4v) is 3.23. The number of H-pyrrole nitrogens is 1.